The molecule has 0 spiro atoms. The zero-order valence-electron chi connectivity index (χ0n) is 20.5. The summed E-state index contributed by atoms with van der Waals surface area (Å²) in [7, 11) is 1.71. The number of ether oxygens (including phenoxy) is 3. The SMILES string of the molecule is CCN(CC)CCOc1cc2c(cc1OC)CCNC2c1ccccc1OCc1ccccc1. The third-order valence-corrected chi connectivity index (χ3v) is 6.51. The molecule has 180 valence electrons. The minimum Gasteiger partial charge on any atom is -0.493 e. The lowest BCUT2D eigenvalue weighted by Crippen LogP contribution is -2.31. The van der Waals surface area contributed by atoms with E-state index in [1.807, 2.05) is 24.3 Å². The smallest absolute Gasteiger partial charge is 0.161 e. The van der Waals surface area contributed by atoms with E-state index in [-0.39, 0.29) is 6.04 Å². The maximum atomic E-state index is 6.28. The number of rotatable bonds is 11. The first-order valence-electron chi connectivity index (χ1n) is 12.3. The molecular weight excluding hydrogens is 424 g/mol. The number of methoxy groups -OCH3 is 1. The van der Waals surface area contributed by atoms with Crippen molar-refractivity contribution in [3.05, 3.63) is 89.0 Å². The Bertz CT molecular complexity index is 1050. The molecule has 0 saturated heterocycles. The average Bonchev–Trinajstić information content (AvgIpc) is 2.90. The summed E-state index contributed by atoms with van der Waals surface area (Å²) in [5.74, 6) is 2.49. The summed E-state index contributed by atoms with van der Waals surface area (Å²) in [5, 5.41) is 3.70. The van der Waals surface area contributed by atoms with Crippen molar-refractivity contribution in [3.8, 4) is 17.2 Å². The Morgan fingerprint density at radius 1 is 0.853 bits per heavy atom. The fourth-order valence-electron chi connectivity index (χ4n) is 4.52. The van der Waals surface area contributed by atoms with Crippen LogP contribution in [0.3, 0.4) is 0 Å². The molecule has 0 saturated carbocycles. The minimum absolute atomic E-state index is 0.0340. The van der Waals surface area contributed by atoms with E-state index < -0.39 is 0 Å². The van der Waals surface area contributed by atoms with Gasteiger partial charge in [-0.3, -0.25) is 0 Å². The summed E-state index contributed by atoms with van der Waals surface area (Å²) < 4.78 is 18.2. The van der Waals surface area contributed by atoms with Gasteiger partial charge in [-0.05, 0) is 54.4 Å². The second-order valence-corrected chi connectivity index (χ2v) is 8.53. The Balaban J connectivity index is 1.59. The molecule has 1 unspecified atom stereocenters. The first-order chi connectivity index (χ1) is 16.7. The van der Waals surface area contributed by atoms with Gasteiger partial charge in [0, 0.05) is 18.7 Å². The quantitative estimate of drug-likeness (QED) is 0.424. The molecule has 4 rings (SSSR count). The number of nitrogens with one attached hydrogen (secondary N) is 1. The van der Waals surface area contributed by atoms with E-state index in [9.17, 15) is 0 Å². The standard InChI is InChI=1S/C29H36N2O3/c1-4-31(5-2)17-18-33-28-20-25-23(19-27(28)32-3)15-16-30-29(25)24-13-9-10-14-26(24)34-21-22-11-7-6-8-12-22/h6-14,19-20,29-30H,4-5,15-18,21H2,1-3H3. The van der Waals surface area contributed by atoms with Crippen molar-refractivity contribution < 1.29 is 14.2 Å². The van der Waals surface area contributed by atoms with Gasteiger partial charge in [-0.25, -0.2) is 0 Å². The predicted octanol–water partition coefficient (Wildman–Crippen LogP) is 5.23. The lowest BCUT2D eigenvalue weighted by molar-refractivity contribution is 0.217. The highest BCUT2D eigenvalue weighted by atomic mass is 16.5. The van der Waals surface area contributed by atoms with Crippen LogP contribution in [0.2, 0.25) is 0 Å². The second-order valence-electron chi connectivity index (χ2n) is 8.53. The Morgan fingerprint density at radius 2 is 1.62 bits per heavy atom. The summed E-state index contributed by atoms with van der Waals surface area (Å²) in [6.07, 6.45) is 0.953. The third-order valence-electron chi connectivity index (χ3n) is 6.51. The highest BCUT2D eigenvalue weighted by Crippen LogP contribution is 2.40. The van der Waals surface area contributed by atoms with Crippen molar-refractivity contribution in [1.82, 2.24) is 10.2 Å². The van der Waals surface area contributed by atoms with E-state index in [0.717, 1.165) is 61.0 Å². The van der Waals surface area contributed by atoms with Gasteiger partial charge in [0.2, 0.25) is 0 Å². The first-order valence-corrected chi connectivity index (χ1v) is 12.3. The van der Waals surface area contributed by atoms with Gasteiger partial charge in [-0.1, -0.05) is 62.4 Å². The molecule has 1 N–H and O–H groups in total. The van der Waals surface area contributed by atoms with Crippen LogP contribution >= 0.6 is 0 Å². The number of likely N-dealkylation sites (N-methyl/N-ethyl adjacent to an activating group) is 1. The second kappa shape index (κ2) is 11.9. The van der Waals surface area contributed by atoms with Gasteiger partial charge in [0.25, 0.3) is 0 Å². The monoisotopic (exact) mass is 460 g/mol. The Morgan fingerprint density at radius 3 is 2.38 bits per heavy atom. The molecule has 1 aliphatic rings. The van der Waals surface area contributed by atoms with Crippen LogP contribution in [0.25, 0.3) is 0 Å². The predicted molar refractivity (Wildman–Crippen MR) is 137 cm³/mol. The molecule has 3 aromatic carbocycles. The van der Waals surface area contributed by atoms with Crippen LogP contribution in [0, 0.1) is 0 Å². The molecule has 0 bridgehead atoms. The highest BCUT2D eigenvalue weighted by Gasteiger charge is 2.26. The number of benzene rings is 3. The molecule has 0 aliphatic carbocycles. The van der Waals surface area contributed by atoms with Gasteiger partial charge in [-0.15, -0.1) is 0 Å². The van der Waals surface area contributed by atoms with Crippen LogP contribution in [0.5, 0.6) is 17.2 Å². The summed E-state index contributed by atoms with van der Waals surface area (Å²) in [6, 6.07) is 22.9. The summed E-state index contributed by atoms with van der Waals surface area (Å²) in [5.41, 5.74) is 4.80. The van der Waals surface area contributed by atoms with E-state index >= 15 is 0 Å². The van der Waals surface area contributed by atoms with Crippen LogP contribution in [-0.2, 0) is 13.0 Å². The zero-order chi connectivity index (χ0) is 23.8. The molecule has 0 radical (unpaired) electrons. The van der Waals surface area contributed by atoms with E-state index in [1.54, 1.807) is 7.11 Å². The normalized spacial score (nSPS) is 15.1. The number of fused-ring (bicyclic) bond motifs is 1. The van der Waals surface area contributed by atoms with Gasteiger partial charge in [-0.2, -0.15) is 0 Å². The van der Waals surface area contributed by atoms with E-state index in [4.69, 9.17) is 14.2 Å². The lowest BCUT2D eigenvalue weighted by atomic mass is 9.89. The van der Waals surface area contributed by atoms with Crippen molar-refractivity contribution in [1.29, 1.82) is 0 Å². The van der Waals surface area contributed by atoms with Crippen LogP contribution in [0.1, 0.15) is 42.1 Å². The molecule has 0 aromatic heterocycles. The van der Waals surface area contributed by atoms with Crippen molar-refractivity contribution in [2.75, 3.05) is 39.9 Å². The molecule has 0 fully saturated rings. The van der Waals surface area contributed by atoms with Gasteiger partial charge in [0.05, 0.1) is 13.2 Å². The van der Waals surface area contributed by atoms with Gasteiger partial charge in [0.15, 0.2) is 11.5 Å². The molecule has 3 aromatic rings. The average molecular weight is 461 g/mol. The Hall–Kier alpha value is -3.02. The molecule has 1 atom stereocenters. The van der Waals surface area contributed by atoms with Crippen LogP contribution in [-0.4, -0.2) is 44.8 Å². The molecule has 5 nitrogen and oxygen atoms in total. The van der Waals surface area contributed by atoms with Crippen LogP contribution in [0.4, 0.5) is 0 Å². The minimum atomic E-state index is 0.0340. The Labute approximate surface area is 203 Å². The summed E-state index contributed by atoms with van der Waals surface area (Å²) >= 11 is 0. The van der Waals surface area contributed by atoms with Crippen LogP contribution < -0.4 is 19.5 Å². The van der Waals surface area contributed by atoms with Gasteiger partial charge in [0.1, 0.15) is 19.0 Å². The molecule has 34 heavy (non-hydrogen) atoms. The van der Waals surface area contributed by atoms with E-state index in [2.05, 4.69) is 66.5 Å². The fraction of sp³-hybridized carbons (Fsp3) is 0.379. The van der Waals surface area contributed by atoms with Crippen LogP contribution in [0.15, 0.2) is 66.7 Å². The summed E-state index contributed by atoms with van der Waals surface area (Å²) in [4.78, 5) is 2.36. The Kier molecular flexibility index (Phi) is 8.45. The molecule has 5 heteroatoms. The number of hydrogen-bond donors (Lipinski definition) is 1. The van der Waals surface area contributed by atoms with E-state index in [0.29, 0.717) is 13.2 Å². The largest absolute Gasteiger partial charge is 0.493 e. The summed E-state index contributed by atoms with van der Waals surface area (Å²) in [6.45, 7) is 9.36. The third kappa shape index (κ3) is 5.72. The molecule has 0 amide bonds. The van der Waals surface area contributed by atoms with Gasteiger partial charge >= 0.3 is 0 Å². The highest BCUT2D eigenvalue weighted by molar-refractivity contribution is 5.53. The molecule has 1 heterocycles. The maximum absolute atomic E-state index is 6.28. The molecular formula is C29H36N2O3. The van der Waals surface area contributed by atoms with Crippen molar-refractivity contribution >= 4 is 0 Å². The van der Waals surface area contributed by atoms with Crippen molar-refractivity contribution in [2.45, 2.75) is 32.9 Å². The number of nitrogens with zero attached hydrogens (tertiary/aromatic N) is 1. The van der Waals surface area contributed by atoms with Gasteiger partial charge < -0.3 is 24.4 Å². The first kappa shape index (κ1) is 24.1. The van der Waals surface area contributed by atoms with Crippen molar-refractivity contribution in [2.24, 2.45) is 0 Å². The number of hydrogen-bond acceptors (Lipinski definition) is 5. The lowest BCUT2D eigenvalue weighted by Gasteiger charge is -2.30. The maximum Gasteiger partial charge on any atom is 0.161 e. The fourth-order valence-corrected chi connectivity index (χ4v) is 4.52. The number of para-hydroxylation sites is 1. The molecule has 1 aliphatic heterocycles. The van der Waals surface area contributed by atoms with E-state index in [1.165, 1.54) is 11.1 Å². The van der Waals surface area contributed by atoms with Crippen molar-refractivity contribution in [3.63, 3.8) is 0 Å². The zero-order valence-corrected chi connectivity index (χ0v) is 20.5. The topological polar surface area (TPSA) is 43.0 Å².